The molecule has 1 aliphatic rings. The van der Waals surface area contributed by atoms with Gasteiger partial charge in [-0.3, -0.25) is 4.68 Å². The van der Waals surface area contributed by atoms with Crippen LogP contribution in [0.2, 0.25) is 0 Å². The Labute approximate surface area is 129 Å². The molecule has 0 bridgehead atoms. The molecule has 0 unspecified atom stereocenters. The Morgan fingerprint density at radius 3 is 2.68 bits per heavy atom. The Bertz CT molecular complexity index is 829. The largest absolute Gasteiger partial charge is 0.271 e. The molecule has 22 heavy (non-hydrogen) atoms. The minimum absolute atomic E-state index is 0.0303. The molecule has 0 radical (unpaired) electrons. The van der Waals surface area contributed by atoms with E-state index in [0.29, 0.717) is 17.8 Å². The SMILES string of the molecule is Cc1nn(C)c(C)c1S(=O)(=O)N[C@@H]1C[C@H]1c1cccc(F)c1. The van der Waals surface area contributed by atoms with Crippen LogP contribution in [0.15, 0.2) is 29.2 Å². The zero-order valence-electron chi connectivity index (χ0n) is 12.7. The molecule has 0 aliphatic heterocycles. The number of hydrogen-bond acceptors (Lipinski definition) is 3. The van der Waals surface area contributed by atoms with Crippen molar-refractivity contribution in [2.24, 2.45) is 7.05 Å². The fourth-order valence-corrected chi connectivity index (χ4v) is 4.56. The lowest BCUT2D eigenvalue weighted by atomic mass is 10.1. The lowest BCUT2D eigenvalue weighted by Crippen LogP contribution is -2.27. The van der Waals surface area contributed by atoms with Gasteiger partial charge in [-0.1, -0.05) is 12.1 Å². The number of halogens is 1. The Kier molecular flexibility index (Phi) is 3.57. The van der Waals surface area contributed by atoms with Crippen molar-refractivity contribution in [3.05, 3.63) is 47.0 Å². The molecule has 1 saturated carbocycles. The Hall–Kier alpha value is -1.73. The standard InChI is InChI=1S/C15H18FN3O2S/c1-9-15(10(2)19(3)17-9)22(20,21)18-14-8-13(14)11-5-4-6-12(16)7-11/h4-7,13-14,18H,8H2,1-3H3/t13-,14+/m0/s1. The predicted octanol–water partition coefficient (Wildman–Crippen LogP) is 2.01. The third kappa shape index (κ3) is 2.66. The third-order valence-corrected chi connectivity index (χ3v) is 5.83. The predicted molar refractivity (Wildman–Crippen MR) is 80.5 cm³/mol. The van der Waals surface area contributed by atoms with Crippen LogP contribution in [-0.4, -0.2) is 24.2 Å². The number of aryl methyl sites for hydroxylation is 2. The van der Waals surface area contributed by atoms with E-state index in [0.717, 1.165) is 5.56 Å². The lowest BCUT2D eigenvalue weighted by Gasteiger charge is -2.07. The van der Waals surface area contributed by atoms with Gasteiger partial charge in [-0.15, -0.1) is 0 Å². The van der Waals surface area contributed by atoms with E-state index in [2.05, 4.69) is 9.82 Å². The number of nitrogens with one attached hydrogen (secondary N) is 1. The molecule has 1 aliphatic carbocycles. The van der Waals surface area contributed by atoms with Crippen molar-refractivity contribution in [2.75, 3.05) is 0 Å². The van der Waals surface area contributed by atoms with Crippen LogP contribution in [0.4, 0.5) is 4.39 Å². The van der Waals surface area contributed by atoms with Gasteiger partial charge in [0.25, 0.3) is 0 Å². The van der Waals surface area contributed by atoms with E-state index in [1.807, 2.05) is 6.07 Å². The van der Waals surface area contributed by atoms with Crippen molar-refractivity contribution < 1.29 is 12.8 Å². The van der Waals surface area contributed by atoms with E-state index in [-0.39, 0.29) is 22.7 Å². The lowest BCUT2D eigenvalue weighted by molar-refractivity contribution is 0.578. The molecule has 1 aromatic heterocycles. The Balaban J connectivity index is 1.80. The first-order valence-corrected chi connectivity index (χ1v) is 8.56. The quantitative estimate of drug-likeness (QED) is 0.936. The minimum Gasteiger partial charge on any atom is -0.271 e. The number of aromatic nitrogens is 2. The van der Waals surface area contributed by atoms with Gasteiger partial charge >= 0.3 is 0 Å². The summed E-state index contributed by atoms with van der Waals surface area (Å²) in [7, 11) is -1.90. The number of rotatable bonds is 4. The van der Waals surface area contributed by atoms with Crippen molar-refractivity contribution in [1.82, 2.24) is 14.5 Å². The fraction of sp³-hybridized carbons (Fsp3) is 0.400. The summed E-state index contributed by atoms with van der Waals surface area (Å²) in [5, 5.41) is 4.14. The zero-order valence-corrected chi connectivity index (χ0v) is 13.5. The van der Waals surface area contributed by atoms with Gasteiger partial charge in [0.05, 0.1) is 11.4 Å². The highest BCUT2D eigenvalue weighted by atomic mass is 32.2. The molecule has 2 atom stereocenters. The summed E-state index contributed by atoms with van der Waals surface area (Å²) in [6.45, 7) is 3.41. The summed E-state index contributed by atoms with van der Waals surface area (Å²) < 4.78 is 42.6. The van der Waals surface area contributed by atoms with Gasteiger partial charge in [-0.05, 0) is 38.0 Å². The van der Waals surface area contributed by atoms with Crippen molar-refractivity contribution in [3.8, 4) is 0 Å². The van der Waals surface area contributed by atoms with Crippen LogP contribution in [0.3, 0.4) is 0 Å². The van der Waals surface area contributed by atoms with Crippen molar-refractivity contribution in [1.29, 1.82) is 0 Å². The van der Waals surface area contributed by atoms with Gasteiger partial charge in [0.15, 0.2) is 0 Å². The summed E-state index contributed by atoms with van der Waals surface area (Å²) in [6.07, 6.45) is 0.682. The van der Waals surface area contributed by atoms with Crippen LogP contribution in [-0.2, 0) is 17.1 Å². The molecular weight excluding hydrogens is 305 g/mol. The summed E-state index contributed by atoms with van der Waals surface area (Å²) in [6, 6.07) is 6.12. The second kappa shape index (κ2) is 5.17. The number of benzene rings is 1. The summed E-state index contributed by atoms with van der Waals surface area (Å²) in [5.41, 5.74) is 1.91. The monoisotopic (exact) mass is 323 g/mol. The molecule has 0 amide bonds. The Morgan fingerprint density at radius 1 is 1.36 bits per heavy atom. The van der Waals surface area contributed by atoms with Crippen molar-refractivity contribution >= 4 is 10.0 Å². The van der Waals surface area contributed by atoms with Crippen molar-refractivity contribution in [2.45, 2.75) is 37.1 Å². The molecule has 118 valence electrons. The molecule has 1 heterocycles. The second-order valence-electron chi connectivity index (χ2n) is 5.75. The fourth-order valence-electron chi connectivity index (χ4n) is 2.83. The van der Waals surface area contributed by atoms with Gasteiger partial charge in [0.1, 0.15) is 10.7 Å². The van der Waals surface area contributed by atoms with Gasteiger partial charge in [0, 0.05) is 19.0 Å². The van der Waals surface area contributed by atoms with Crippen LogP contribution in [0.5, 0.6) is 0 Å². The van der Waals surface area contributed by atoms with E-state index in [4.69, 9.17) is 0 Å². The highest BCUT2D eigenvalue weighted by Crippen LogP contribution is 2.42. The maximum atomic E-state index is 13.2. The first-order chi connectivity index (χ1) is 10.3. The van der Waals surface area contributed by atoms with Gasteiger partial charge in [0.2, 0.25) is 10.0 Å². The molecule has 5 nitrogen and oxygen atoms in total. The minimum atomic E-state index is -3.62. The van der Waals surface area contributed by atoms with Gasteiger partial charge in [-0.2, -0.15) is 5.10 Å². The van der Waals surface area contributed by atoms with E-state index in [1.165, 1.54) is 12.1 Å². The molecule has 0 saturated heterocycles. The zero-order chi connectivity index (χ0) is 16.1. The third-order valence-electron chi connectivity index (χ3n) is 4.09. The highest BCUT2D eigenvalue weighted by Gasteiger charge is 2.42. The molecule has 3 rings (SSSR count). The maximum absolute atomic E-state index is 13.2. The van der Waals surface area contributed by atoms with E-state index in [1.54, 1.807) is 31.6 Å². The topological polar surface area (TPSA) is 64.0 Å². The molecule has 0 spiro atoms. The number of nitrogens with zero attached hydrogens (tertiary/aromatic N) is 2. The normalized spacial score (nSPS) is 21.1. The average Bonchev–Trinajstić information content (AvgIpc) is 3.10. The molecule has 1 N–H and O–H groups in total. The summed E-state index contributed by atoms with van der Waals surface area (Å²) in [4.78, 5) is 0.236. The highest BCUT2D eigenvalue weighted by molar-refractivity contribution is 7.89. The number of sulfonamides is 1. The van der Waals surface area contributed by atoms with Gasteiger partial charge < -0.3 is 0 Å². The van der Waals surface area contributed by atoms with Gasteiger partial charge in [-0.25, -0.2) is 17.5 Å². The average molecular weight is 323 g/mol. The first-order valence-electron chi connectivity index (χ1n) is 7.07. The van der Waals surface area contributed by atoms with Crippen LogP contribution in [0.1, 0.15) is 29.3 Å². The van der Waals surface area contributed by atoms with E-state index >= 15 is 0 Å². The smallest absolute Gasteiger partial charge is 0.244 e. The Morgan fingerprint density at radius 2 is 2.09 bits per heavy atom. The first kappa shape index (κ1) is 15.2. The molecule has 1 fully saturated rings. The molecule has 1 aromatic carbocycles. The van der Waals surface area contributed by atoms with Crippen LogP contribution in [0, 0.1) is 19.7 Å². The second-order valence-corrected chi connectivity index (χ2v) is 7.40. The summed E-state index contributed by atoms with van der Waals surface area (Å²) in [5.74, 6) is -0.271. The van der Waals surface area contributed by atoms with Crippen LogP contribution >= 0.6 is 0 Å². The summed E-state index contributed by atoms with van der Waals surface area (Å²) >= 11 is 0. The van der Waals surface area contributed by atoms with Crippen LogP contribution < -0.4 is 4.72 Å². The van der Waals surface area contributed by atoms with Crippen LogP contribution in [0.25, 0.3) is 0 Å². The maximum Gasteiger partial charge on any atom is 0.244 e. The van der Waals surface area contributed by atoms with E-state index in [9.17, 15) is 12.8 Å². The molecule has 2 aromatic rings. The molecular formula is C15H18FN3O2S. The van der Waals surface area contributed by atoms with Crippen molar-refractivity contribution in [3.63, 3.8) is 0 Å². The number of hydrogen-bond donors (Lipinski definition) is 1. The van der Waals surface area contributed by atoms with E-state index < -0.39 is 10.0 Å². The molecule has 7 heteroatoms.